The van der Waals surface area contributed by atoms with Crippen molar-refractivity contribution in [2.45, 2.75) is 26.7 Å². The van der Waals surface area contributed by atoms with Crippen LogP contribution in [0.2, 0.25) is 0 Å². The average molecular weight is 170 g/mol. The molecule has 0 N–H and O–H groups in total. The minimum Gasteiger partial charge on any atom is -0.300 e. The number of hydrogen-bond donors (Lipinski definition) is 0. The van der Waals surface area contributed by atoms with Gasteiger partial charge >= 0.3 is 0 Å². The molecular formula is C7H10N2OS. The van der Waals surface area contributed by atoms with Crippen LogP contribution in [0, 0.1) is 0 Å². The molecule has 0 amide bonds. The van der Waals surface area contributed by atoms with Crippen LogP contribution in [0.5, 0.6) is 0 Å². The molecule has 0 spiro atoms. The highest BCUT2D eigenvalue weighted by Gasteiger charge is 2.03. The Hall–Kier alpha value is -0.770. The summed E-state index contributed by atoms with van der Waals surface area (Å²) in [5, 5.41) is 0.828. The van der Waals surface area contributed by atoms with Gasteiger partial charge in [0.2, 0.25) is 0 Å². The standard InChI is InChI=1S/C7H10N2OS/c1-3-6-8-7(11-9-6)4-5(2)10/h3-4H2,1-2H3. The van der Waals surface area contributed by atoms with E-state index < -0.39 is 0 Å². The molecule has 4 heteroatoms. The quantitative estimate of drug-likeness (QED) is 0.685. The van der Waals surface area contributed by atoms with Crippen LogP contribution in [0.4, 0.5) is 0 Å². The van der Waals surface area contributed by atoms with E-state index in [0.29, 0.717) is 6.42 Å². The highest BCUT2D eigenvalue weighted by molar-refractivity contribution is 7.05. The number of nitrogens with zero attached hydrogens (tertiary/aromatic N) is 2. The van der Waals surface area contributed by atoms with Gasteiger partial charge in [0.15, 0.2) is 0 Å². The lowest BCUT2D eigenvalue weighted by molar-refractivity contribution is -0.116. The van der Waals surface area contributed by atoms with Crippen molar-refractivity contribution in [1.29, 1.82) is 0 Å². The van der Waals surface area contributed by atoms with E-state index >= 15 is 0 Å². The maximum Gasteiger partial charge on any atom is 0.142 e. The van der Waals surface area contributed by atoms with Gasteiger partial charge in [-0.2, -0.15) is 4.37 Å². The van der Waals surface area contributed by atoms with Crippen LogP contribution in [-0.4, -0.2) is 15.1 Å². The zero-order chi connectivity index (χ0) is 8.27. The molecule has 11 heavy (non-hydrogen) atoms. The monoisotopic (exact) mass is 170 g/mol. The van der Waals surface area contributed by atoms with E-state index in [1.165, 1.54) is 11.5 Å². The molecule has 3 nitrogen and oxygen atoms in total. The van der Waals surface area contributed by atoms with E-state index in [1.54, 1.807) is 6.92 Å². The van der Waals surface area contributed by atoms with Gasteiger partial charge in [0.25, 0.3) is 0 Å². The Morgan fingerprint density at radius 3 is 2.82 bits per heavy atom. The van der Waals surface area contributed by atoms with Gasteiger partial charge in [-0.15, -0.1) is 0 Å². The first-order valence-electron chi connectivity index (χ1n) is 3.53. The predicted octanol–water partition coefficient (Wildman–Crippen LogP) is 1.23. The molecule has 60 valence electrons. The summed E-state index contributed by atoms with van der Waals surface area (Å²) in [6.45, 7) is 3.56. The Morgan fingerprint density at radius 1 is 1.64 bits per heavy atom. The van der Waals surface area contributed by atoms with Crippen molar-refractivity contribution in [2.75, 3.05) is 0 Å². The minimum absolute atomic E-state index is 0.142. The molecule has 0 atom stereocenters. The van der Waals surface area contributed by atoms with E-state index in [-0.39, 0.29) is 5.78 Å². The fraction of sp³-hybridized carbons (Fsp3) is 0.571. The third-order valence-electron chi connectivity index (χ3n) is 1.23. The molecule has 1 aromatic rings. The van der Waals surface area contributed by atoms with Crippen LogP contribution in [-0.2, 0) is 17.6 Å². The largest absolute Gasteiger partial charge is 0.300 e. The van der Waals surface area contributed by atoms with Crippen LogP contribution >= 0.6 is 11.5 Å². The highest BCUT2D eigenvalue weighted by Crippen LogP contribution is 2.05. The highest BCUT2D eigenvalue weighted by atomic mass is 32.1. The fourth-order valence-electron chi connectivity index (χ4n) is 0.719. The number of carbonyl (C=O) groups is 1. The Labute approximate surface area is 69.6 Å². The zero-order valence-corrected chi connectivity index (χ0v) is 7.44. The van der Waals surface area contributed by atoms with E-state index in [4.69, 9.17) is 0 Å². The normalized spacial score (nSPS) is 10.0. The van der Waals surface area contributed by atoms with Gasteiger partial charge in [-0.1, -0.05) is 6.92 Å². The van der Waals surface area contributed by atoms with Crippen molar-refractivity contribution in [3.63, 3.8) is 0 Å². The van der Waals surface area contributed by atoms with E-state index in [9.17, 15) is 4.79 Å². The summed E-state index contributed by atoms with van der Waals surface area (Å²) in [7, 11) is 0. The van der Waals surface area contributed by atoms with E-state index in [1.807, 2.05) is 6.92 Å². The first-order valence-corrected chi connectivity index (χ1v) is 4.30. The molecule has 0 saturated carbocycles. The number of carbonyl (C=O) groups excluding carboxylic acids is 1. The summed E-state index contributed by atoms with van der Waals surface area (Å²) >= 11 is 1.32. The van der Waals surface area contributed by atoms with Crippen LogP contribution in [0.15, 0.2) is 0 Å². The summed E-state index contributed by atoms with van der Waals surface area (Å²) in [5.41, 5.74) is 0. The first kappa shape index (κ1) is 8.33. The van der Waals surface area contributed by atoms with Crippen LogP contribution in [0.3, 0.4) is 0 Å². The second-order valence-electron chi connectivity index (χ2n) is 2.34. The van der Waals surface area contributed by atoms with Crippen molar-refractivity contribution in [3.8, 4) is 0 Å². The molecule has 0 unspecified atom stereocenters. The Balaban J connectivity index is 2.65. The van der Waals surface area contributed by atoms with Crippen molar-refractivity contribution < 1.29 is 4.79 Å². The number of aryl methyl sites for hydroxylation is 1. The lowest BCUT2D eigenvalue weighted by Gasteiger charge is -1.85. The minimum atomic E-state index is 0.142. The van der Waals surface area contributed by atoms with Crippen LogP contribution in [0.1, 0.15) is 24.7 Å². The molecule has 0 radical (unpaired) electrons. The molecule has 0 bridgehead atoms. The van der Waals surface area contributed by atoms with Gasteiger partial charge in [0.1, 0.15) is 16.6 Å². The maximum absolute atomic E-state index is 10.6. The smallest absolute Gasteiger partial charge is 0.142 e. The van der Waals surface area contributed by atoms with Gasteiger partial charge in [-0.3, -0.25) is 4.79 Å². The SMILES string of the molecule is CCc1nsc(CC(C)=O)n1. The molecule has 1 aromatic heterocycles. The maximum atomic E-state index is 10.6. The Morgan fingerprint density at radius 2 is 2.36 bits per heavy atom. The number of aromatic nitrogens is 2. The molecule has 0 aliphatic rings. The fourth-order valence-corrected chi connectivity index (χ4v) is 1.51. The van der Waals surface area contributed by atoms with E-state index in [0.717, 1.165) is 17.3 Å². The van der Waals surface area contributed by atoms with Gasteiger partial charge in [-0.05, 0) is 18.5 Å². The average Bonchev–Trinajstić information content (AvgIpc) is 2.34. The molecule has 1 rings (SSSR count). The second-order valence-corrected chi connectivity index (χ2v) is 3.17. The topological polar surface area (TPSA) is 42.9 Å². The first-order chi connectivity index (χ1) is 5.22. The molecule has 1 heterocycles. The van der Waals surface area contributed by atoms with Gasteiger partial charge in [0, 0.05) is 6.42 Å². The molecule has 0 fully saturated rings. The summed E-state index contributed by atoms with van der Waals surface area (Å²) in [4.78, 5) is 14.8. The summed E-state index contributed by atoms with van der Waals surface area (Å²) in [6, 6.07) is 0. The third-order valence-corrected chi connectivity index (χ3v) is 1.97. The second kappa shape index (κ2) is 3.57. The van der Waals surface area contributed by atoms with Gasteiger partial charge in [0.05, 0.1) is 6.42 Å². The van der Waals surface area contributed by atoms with Crippen molar-refractivity contribution in [3.05, 3.63) is 10.8 Å². The molecule has 0 aliphatic heterocycles. The lowest BCUT2D eigenvalue weighted by Crippen LogP contribution is -1.95. The summed E-state index contributed by atoms with van der Waals surface area (Å²) in [5.74, 6) is 0.982. The molecular weight excluding hydrogens is 160 g/mol. The molecule has 0 aromatic carbocycles. The lowest BCUT2D eigenvalue weighted by atomic mass is 10.3. The third kappa shape index (κ3) is 2.38. The molecule has 0 aliphatic carbocycles. The number of ketones is 1. The van der Waals surface area contributed by atoms with Crippen molar-refractivity contribution in [1.82, 2.24) is 9.36 Å². The van der Waals surface area contributed by atoms with Gasteiger partial charge < -0.3 is 0 Å². The summed E-state index contributed by atoms with van der Waals surface area (Å²) in [6.07, 6.45) is 1.27. The van der Waals surface area contributed by atoms with Gasteiger partial charge in [-0.25, -0.2) is 4.98 Å². The summed E-state index contributed by atoms with van der Waals surface area (Å²) < 4.78 is 4.07. The number of hydrogen-bond acceptors (Lipinski definition) is 4. The number of Topliss-reactive ketones (excluding diaryl/α,β-unsaturated/α-hetero) is 1. The number of rotatable bonds is 3. The van der Waals surface area contributed by atoms with E-state index in [2.05, 4.69) is 9.36 Å². The Bertz CT molecular complexity index is 257. The van der Waals surface area contributed by atoms with Crippen LogP contribution in [0.25, 0.3) is 0 Å². The Kier molecular flexibility index (Phi) is 2.70. The van der Waals surface area contributed by atoms with Crippen molar-refractivity contribution in [2.24, 2.45) is 0 Å². The molecule has 0 saturated heterocycles. The zero-order valence-electron chi connectivity index (χ0n) is 6.63. The van der Waals surface area contributed by atoms with Crippen molar-refractivity contribution >= 4 is 17.3 Å². The predicted molar refractivity (Wildman–Crippen MR) is 43.7 cm³/mol. The van der Waals surface area contributed by atoms with Crippen LogP contribution < -0.4 is 0 Å².